The lowest BCUT2D eigenvalue weighted by atomic mass is 10.0. The van der Waals surface area contributed by atoms with E-state index in [4.69, 9.17) is 5.11 Å². The Kier molecular flexibility index (Phi) is 3.19. The lowest BCUT2D eigenvalue weighted by Crippen LogP contribution is -2.53. The molecule has 1 saturated heterocycles. The summed E-state index contributed by atoms with van der Waals surface area (Å²) in [4.78, 5) is 21.3. The van der Waals surface area contributed by atoms with E-state index in [2.05, 4.69) is 10.6 Å². The number of hydrogen-bond acceptors (Lipinski definition) is 4. The van der Waals surface area contributed by atoms with Gasteiger partial charge < -0.3 is 20.5 Å². The Morgan fingerprint density at radius 2 is 2.42 bits per heavy atom. The maximum absolute atomic E-state index is 11.1. The van der Waals surface area contributed by atoms with E-state index in [1.54, 1.807) is 0 Å². The monoisotopic (exact) mass is 172 g/mol. The lowest BCUT2D eigenvalue weighted by molar-refractivity contribution is -0.129. The van der Waals surface area contributed by atoms with Crippen molar-refractivity contribution in [1.82, 2.24) is 10.6 Å². The standard InChI is InChI=1S/C7H12N2O3/c10-3-6(4-11)9-7(12)5-1-8-2-5/h3,5-6,8,11H,1-2,4H2,(H,9,12). The van der Waals surface area contributed by atoms with Crippen LogP contribution in [-0.4, -0.2) is 43.0 Å². The minimum atomic E-state index is -0.752. The molecule has 0 aromatic carbocycles. The summed E-state index contributed by atoms with van der Waals surface area (Å²) in [6, 6.07) is -0.752. The minimum absolute atomic E-state index is 0.0426. The molecule has 1 atom stereocenters. The van der Waals surface area contributed by atoms with Crippen molar-refractivity contribution in [3.8, 4) is 0 Å². The number of aliphatic hydroxyl groups excluding tert-OH is 1. The van der Waals surface area contributed by atoms with Crippen molar-refractivity contribution >= 4 is 12.2 Å². The van der Waals surface area contributed by atoms with Crippen LogP contribution in [0.1, 0.15) is 0 Å². The van der Waals surface area contributed by atoms with Crippen LogP contribution < -0.4 is 10.6 Å². The van der Waals surface area contributed by atoms with Crippen molar-refractivity contribution in [1.29, 1.82) is 0 Å². The van der Waals surface area contributed by atoms with Crippen LogP contribution in [0.3, 0.4) is 0 Å². The van der Waals surface area contributed by atoms with Gasteiger partial charge in [-0.3, -0.25) is 4.79 Å². The molecule has 0 spiro atoms. The predicted molar refractivity (Wildman–Crippen MR) is 41.4 cm³/mol. The third-order valence-electron chi connectivity index (χ3n) is 1.84. The van der Waals surface area contributed by atoms with Gasteiger partial charge in [-0.1, -0.05) is 0 Å². The quantitative estimate of drug-likeness (QED) is 0.424. The van der Waals surface area contributed by atoms with Crippen LogP contribution in [0.2, 0.25) is 0 Å². The van der Waals surface area contributed by atoms with Gasteiger partial charge in [-0.05, 0) is 0 Å². The Balaban J connectivity index is 2.28. The number of carbonyl (C=O) groups excluding carboxylic acids is 2. The van der Waals surface area contributed by atoms with E-state index >= 15 is 0 Å². The molecule has 0 radical (unpaired) electrons. The van der Waals surface area contributed by atoms with Crippen LogP contribution in [0.25, 0.3) is 0 Å². The molecule has 1 unspecified atom stereocenters. The Morgan fingerprint density at radius 1 is 1.75 bits per heavy atom. The highest BCUT2D eigenvalue weighted by Crippen LogP contribution is 2.02. The fourth-order valence-electron chi connectivity index (χ4n) is 0.897. The Bertz CT molecular complexity index is 179. The van der Waals surface area contributed by atoms with Crippen LogP contribution in [-0.2, 0) is 9.59 Å². The van der Waals surface area contributed by atoms with Crippen molar-refractivity contribution in [2.24, 2.45) is 5.92 Å². The molecule has 1 aliphatic heterocycles. The molecule has 0 aromatic rings. The number of aldehydes is 1. The summed E-state index contributed by atoms with van der Waals surface area (Å²) in [5.74, 6) is -0.209. The number of carbonyl (C=O) groups is 2. The molecule has 5 nitrogen and oxygen atoms in total. The number of amides is 1. The third kappa shape index (κ3) is 2.02. The van der Waals surface area contributed by atoms with E-state index < -0.39 is 6.04 Å². The highest BCUT2D eigenvalue weighted by Gasteiger charge is 2.26. The van der Waals surface area contributed by atoms with Crippen molar-refractivity contribution in [3.05, 3.63) is 0 Å². The second-order valence-electron chi connectivity index (χ2n) is 2.79. The van der Waals surface area contributed by atoms with E-state index in [0.717, 1.165) is 0 Å². The molecule has 0 aliphatic carbocycles. The molecule has 1 heterocycles. The molecule has 0 bridgehead atoms. The van der Waals surface area contributed by atoms with Gasteiger partial charge in [-0.15, -0.1) is 0 Å². The van der Waals surface area contributed by atoms with Gasteiger partial charge in [-0.2, -0.15) is 0 Å². The molecule has 0 aromatic heterocycles. The number of nitrogens with one attached hydrogen (secondary N) is 2. The molecule has 1 fully saturated rings. The molecule has 1 aliphatic rings. The summed E-state index contributed by atoms with van der Waals surface area (Å²) in [5, 5.41) is 13.9. The van der Waals surface area contributed by atoms with Crippen molar-refractivity contribution in [2.45, 2.75) is 6.04 Å². The van der Waals surface area contributed by atoms with Gasteiger partial charge in [0.25, 0.3) is 0 Å². The number of rotatable bonds is 4. The molecule has 5 heteroatoms. The summed E-state index contributed by atoms with van der Waals surface area (Å²) >= 11 is 0. The first-order chi connectivity index (χ1) is 5.77. The fourth-order valence-corrected chi connectivity index (χ4v) is 0.897. The zero-order valence-corrected chi connectivity index (χ0v) is 6.62. The van der Waals surface area contributed by atoms with Gasteiger partial charge in [0.05, 0.1) is 12.5 Å². The molecule has 3 N–H and O–H groups in total. The Hall–Kier alpha value is -0.940. The van der Waals surface area contributed by atoms with Crippen LogP contribution >= 0.6 is 0 Å². The van der Waals surface area contributed by atoms with E-state index in [9.17, 15) is 9.59 Å². The van der Waals surface area contributed by atoms with Crippen molar-refractivity contribution < 1.29 is 14.7 Å². The Morgan fingerprint density at radius 3 is 2.75 bits per heavy atom. The smallest absolute Gasteiger partial charge is 0.226 e. The Labute approximate surface area is 70.1 Å². The zero-order valence-electron chi connectivity index (χ0n) is 6.62. The van der Waals surface area contributed by atoms with E-state index in [1.165, 1.54) is 0 Å². The first kappa shape index (κ1) is 9.15. The molecular weight excluding hydrogens is 160 g/mol. The number of aliphatic hydroxyl groups is 1. The molecule has 68 valence electrons. The summed E-state index contributed by atoms with van der Waals surface area (Å²) in [5.41, 5.74) is 0. The van der Waals surface area contributed by atoms with Crippen molar-refractivity contribution in [2.75, 3.05) is 19.7 Å². The van der Waals surface area contributed by atoms with E-state index in [1.807, 2.05) is 0 Å². The molecular formula is C7H12N2O3. The van der Waals surface area contributed by atoms with Gasteiger partial charge in [-0.25, -0.2) is 0 Å². The molecule has 0 saturated carbocycles. The van der Waals surface area contributed by atoms with Gasteiger partial charge in [0, 0.05) is 13.1 Å². The van der Waals surface area contributed by atoms with Crippen LogP contribution in [0, 0.1) is 5.92 Å². The molecule has 1 amide bonds. The summed E-state index contributed by atoms with van der Waals surface area (Å²) < 4.78 is 0. The van der Waals surface area contributed by atoms with Crippen LogP contribution in [0.15, 0.2) is 0 Å². The minimum Gasteiger partial charge on any atom is -0.394 e. The summed E-state index contributed by atoms with van der Waals surface area (Å²) in [7, 11) is 0. The van der Waals surface area contributed by atoms with Crippen LogP contribution in [0.5, 0.6) is 0 Å². The molecule has 1 rings (SSSR count). The first-order valence-corrected chi connectivity index (χ1v) is 3.85. The number of hydrogen-bond donors (Lipinski definition) is 3. The first-order valence-electron chi connectivity index (χ1n) is 3.85. The SMILES string of the molecule is O=CC(CO)NC(=O)C1CNC1. The second-order valence-corrected chi connectivity index (χ2v) is 2.79. The topological polar surface area (TPSA) is 78.4 Å². The average Bonchev–Trinajstić information content (AvgIpc) is 1.96. The average molecular weight is 172 g/mol. The van der Waals surface area contributed by atoms with Gasteiger partial charge in [0.15, 0.2) is 0 Å². The van der Waals surface area contributed by atoms with Gasteiger partial charge in [0.1, 0.15) is 12.3 Å². The van der Waals surface area contributed by atoms with Crippen LogP contribution in [0.4, 0.5) is 0 Å². The highest BCUT2D eigenvalue weighted by molar-refractivity contribution is 5.82. The van der Waals surface area contributed by atoms with E-state index in [0.29, 0.717) is 19.4 Å². The largest absolute Gasteiger partial charge is 0.394 e. The maximum atomic E-state index is 11.1. The fraction of sp³-hybridized carbons (Fsp3) is 0.714. The lowest BCUT2D eigenvalue weighted by Gasteiger charge is -2.26. The third-order valence-corrected chi connectivity index (χ3v) is 1.84. The highest BCUT2D eigenvalue weighted by atomic mass is 16.3. The second kappa shape index (κ2) is 4.18. The maximum Gasteiger partial charge on any atom is 0.226 e. The zero-order chi connectivity index (χ0) is 8.97. The van der Waals surface area contributed by atoms with Crippen molar-refractivity contribution in [3.63, 3.8) is 0 Å². The normalized spacial score (nSPS) is 19.4. The van der Waals surface area contributed by atoms with Gasteiger partial charge >= 0.3 is 0 Å². The molecule has 12 heavy (non-hydrogen) atoms. The van der Waals surface area contributed by atoms with E-state index in [-0.39, 0.29) is 18.4 Å². The van der Waals surface area contributed by atoms with Gasteiger partial charge in [0.2, 0.25) is 5.91 Å². The summed E-state index contributed by atoms with van der Waals surface area (Å²) in [6.07, 6.45) is 0.532. The predicted octanol–water partition coefficient (Wildman–Crippen LogP) is -2.12. The summed E-state index contributed by atoms with van der Waals surface area (Å²) in [6.45, 7) is 0.973.